The molecule has 3 heterocycles. The van der Waals surface area contributed by atoms with Crippen LogP contribution in [0, 0.1) is 13.8 Å². The van der Waals surface area contributed by atoms with E-state index in [1.807, 2.05) is 32.0 Å². The number of hydrogen-bond acceptors (Lipinski definition) is 6. The number of amides is 1. The minimum absolute atomic E-state index is 0.0536. The Labute approximate surface area is 151 Å². The van der Waals surface area contributed by atoms with Gasteiger partial charge in [-0.05, 0) is 32.0 Å². The average Bonchev–Trinajstić information content (AvgIpc) is 2.93. The molecule has 1 amide bonds. The van der Waals surface area contributed by atoms with Gasteiger partial charge in [-0.25, -0.2) is 9.67 Å². The molecule has 3 aromatic rings. The van der Waals surface area contributed by atoms with Gasteiger partial charge in [-0.15, -0.1) is 0 Å². The maximum atomic E-state index is 12.2. The van der Waals surface area contributed by atoms with E-state index in [-0.39, 0.29) is 19.0 Å². The molecule has 0 unspecified atom stereocenters. The summed E-state index contributed by atoms with van der Waals surface area (Å²) in [6, 6.07) is 9.03. The van der Waals surface area contributed by atoms with Crippen molar-refractivity contribution in [3.63, 3.8) is 0 Å². The van der Waals surface area contributed by atoms with E-state index in [9.17, 15) is 4.79 Å². The molecule has 0 saturated carbocycles. The first-order valence-corrected chi connectivity index (χ1v) is 8.12. The van der Waals surface area contributed by atoms with Gasteiger partial charge in [-0.3, -0.25) is 9.78 Å². The third-order valence-corrected chi connectivity index (χ3v) is 3.65. The van der Waals surface area contributed by atoms with E-state index < -0.39 is 0 Å². The van der Waals surface area contributed by atoms with Crippen LogP contribution < -0.4 is 15.8 Å². The molecule has 0 radical (unpaired) electrons. The zero-order valence-corrected chi connectivity index (χ0v) is 14.6. The number of nitrogens with two attached hydrogens (primary N) is 1. The van der Waals surface area contributed by atoms with Gasteiger partial charge in [0.1, 0.15) is 18.1 Å². The van der Waals surface area contributed by atoms with E-state index in [1.54, 1.807) is 24.5 Å². The van der Waals surface area contributed by atoms with Crippen LogP contribution in [-0.4, -0.2) is 25.7 Å². The number of nitrogen functional groups attached to an aromatic ring is 1. The number of hydrogen-bond donors (Lipinski definition) is 2. The van der Waals surface area contributed by atoms with Crippen LogP contribution in [0.3, 0.4) is 0 Å². The van der Waals surface area contributed by atoms with Gasteiger partial charge in [0, 0.05) is 30.1 Å². The number of anilines is 1. The zero-order valence-electron chi connectivity index (χ0n) is 14.6. The Morgan fingerprint density at radius 3 is 2.77 bits per heavy atom. The second-order valence-corrected chi connectivity index (χ2v) is 5.85. The van der Waals surface area contributed by atoms with Gasteiger partial charge in [-0.1, -0.05) is 6.07 Å². The molecule has 0 aromatic carbocycles. The van der Waals surface area contributed by atoms with Crippen molar-refractivity contribution in [3.8, 4) is 11.6 Å². The Morgan fingerprint density at radius 2 is 2.08 bits per heavy atom. The predicted molar refractivity (Wildman–Crippen MR) is 96.5 cm³/mol. The van der Waals surface area contributed by atoms with Crippen LogP contribution in [0.2, 0.25) is 0 Å². The highest BCUT2D eigenvalue weighted by Crippen LogP contribution is 2.22. The molecule has 8 nitrogen and oxygen atoms in total. The zero-order chi connectivity index (χ0) is 18.5. The fourth-order valence-corrected chi connectivity index (χ4v) is 2.35. The fraction of sp³-hybridized carbons (Fsp3) is 0.222. The van der Waals surface area contributed by atoms with Crippen LogP contribution in [0.4, 0.5) is 5.82 Å². The SMILES string of the molecule is Cc1ccc(Oc2ncccc2CNC(=O)Cn2nc(C)cc2N)cn1. The Balaban J connectivity index is 1.63. The van der Waals surface area contributed by atoms with Crippen LogP contribution in [0.5, 0.6) is 11.6 Å². The standard InChI is InChI=1S/C18H20N6O2/c1-12-5-6-15(10-21-12)26-18-14(4-3-7-20-18)9-22-17(25)11-24-16(19)8-13(2)23-24/h3-8,10H,9,11,19H2,1-2H3,(H,22,25). The topological polar surface area (TPSA) is 108 Å². The van der Waals surface area contributed by atoms with Gasteiger partial charge < -0.3 is 15.8 Å². The predicted octanol–water partition coefficient (Wildman–Crippen LogP) is 1.98. The lowest BCUT2D eigenvalue weighted by Gasteiger charge is -2.11. The maximum absolute atomic E-state index is 12.2. The molecular formula is C18H20N6O2. The minimum atomic E-state index is -0.202. The largest absolute Gasteiger partial charge is 0.437 e. The smallest absolute Gasteiger partial charge is 0.242 e. The van der Waals surface area contributed by atoms with E-state index >= 15 is 0 Å². The number of rotatable bonds is 6. The molecule has 134 valence electrons. The van der Waals surface area contributed by atoms with Crippen molar-refractivity contribution in [2.45, 2.75) is 26.9 Å². The van der Waals surface area contributed by atoms with Crippen molar-refractivity contribution in [3.05, 3.63) is 59.7 Å². The van der Waals surface area contributed by atoms with E-state index in [2.05, 4.69) is 20.4 Å². The summed E-state index contributed by atoms with van der Waals surface area (Å²) in [6.45, 7) is 4.06. The van der Waals surface area contributed by atoms with Crippen molar-refractivity contribution < 1.29 is 9.53 Å². The summed E-state index contributed by atoms with van der Waals surface area (Å²) >= 11 is 0. The average molecular weight is 352 g/mol. The normalized spacial score (nSPS) is 10.5. The lowest BCUT2D eigenvalue weighted by molar-refractivity contribution is -0.122. The molecule has 3 N–H and O–H groups in total. The first kappa shape index (κ1) is 17.4. The molecule has 0 aliphatic heterocycles. The van der Waals surface area contributed by atoms with Crippen LogP contribution in [0.1, 0.15) is 17.0 Å². The molecule has 3 rings (SSSR count). The number of pyridine rings is 2. The molecule has 0 aliphatic carbocycles. The number of carbonyl (C=O) groups excluding carboxylic acids is 1. The molecule has 0 spiro atoms. The third-order valence-electron chi connectivity index (χ3n) is 3.65. The van der Waals surface area contributed by atoms with Crippen LogP contribution in [0.15, 0.2) is 42.7 Å². The molecule has 0 bridgehead atoms. The monoisotopic (exact) mass is 352 g/mol. The van der Waals surface area contributed by atoms with Gasteiger partial charge in [0.25, 0.3) is 0 Å². The van der Waals surface area contributed by atoms with Gasteiger partial charge in [0.15, 0.2) is 0 Å². The lowest BCUT2D eigenvalue weighted by atomic mass is 10.2. The number of carbonyl (C=O) groups is 1. The number of aryl methyl sites for hydroxylation is 2. The Bertz CT molecular complexity index is 904. The van der Waals surface area contributed by atoms with Gasteiger partial charge in [0.05, 0.1) is 11.9 Å². The Hall–Kier alpha value is -3.42. The molecule has 0 atom stereocenters. The number of nitrogens with zero attached hydrogens (tertiary/aromatic N) is 4. The number of nitrogens with one attached hydrogen (secondary N) is 1. The second-order valence-electron chi connectivity index (χ2n) is 5.85. The Kier molecular flexibility index (Phi) is 5.12. The van der Waals surface area contributed by atoms with E-state index in [0.717, 1.165) is 17.0 Å². The molecule has 8 heteroatoms. The van der Waals surface area contributed by atoms with Gasteiger partial charge in [0.2, 0.25) is 11.8 Å². The summed E-state index contributed by atoms with van der Waals surface area (Å²) in [5.74, 6) is 1.26. The summed E-state index contributed by atoms with van der Waals surface area (Å²) in [5, 5.41) is 7.00. The fourth-order valence-electron chi connectivity index (χ4n) is 2.35. The summed E-state index contributed by atoms with van der Waals surface area (Å²) in [7, 11) is 0. The summed E-state index contributed by atoms with van der Waals surface area (Å²) in [5.41, 5.74) is 8.23. The van der Waals surface area contributed by atoms with E-state index in [0.29, 0.717) is 17.4 Å². The molecular weight excluding hydrogens is 332 g/mol. The second kappa shape index (κ2) is 7.64. The highest BCUT2D eigenvalue weighted by molar-refractivity contribution is 5.76. The van der Waals surface area contributed by atoms with Crippen LogP contribution >= 0.6 is 0 Å². The van der Waals surface area contributed by atoms with Crippen molar-refractivity contribution in [1.82, 2.24) is 25.1 Å². The molecule has 26 heavy (non-hydrogen) atoms. The van der Waals surface area contributed by atoms with Crippen LogP contribution in [-0.2, 0) is 17.9 Å². The van der Waals surface area contributed by atoms with E-state index in [1.165, 1.54) is 4.68 Å². The van der Waals surface area contributed by atoms with Gasteiger partial charge >= 0.3 is 0 Å². The summed E-state index contributed by atoms with van der Waals surface area (Å²) in [6.07, 6.45) is 3.27. The number of aromatic nitrogens is 4. The summed E-state index contributed by atoms with van der Waals surface area (Å²) in [4.78, 5) is 20.6. The molecule has 0 saturated heterocycles. The summed E-state index contributed by atoms with van der Waals surface area (Å²) < 4.78 is 7.24. The lowest BCUT2D eigenvalue weighted by Crippen LogP contribution is -2.28. The number of ether oxygens (including phenoxy) is 1. The highest BCUT2D eigenvalue weighted by atomic mass is 16.5. The van der Waals surface area contributed by atoms with Crippen molar-refractivity contribution in [1.29, 1.82) is 0 Å². The van der Waals surface area contributed by atoms with Crippen molar-refractivity contribution in [2.75, 3.05) is 5.73 Å². The maximum Gasteiger partial charge on any atom is 0.242 e. The minimum Gasteiger partial charge on any atom is -0.437 e. The van der Waals surface area contributed by atoms with Crippen molar-refractivity contribution >= 4 is 11.7 Å². The van der Waals surface area contributed by atoms with E-state index in [4.69, 9.17) is 10.5 Å². The highest BCUT2D eigenvalue weighted by Gasteiger charge is 2.10. The first-order valence-electron chi connectivity index (χ1n) is 8.12. The molecule has 0 aliphatic rings. The molecule has 3 aromatic heterocycles. The third kappa shape index (κ3) is 4.35. The molecule has 0 fully saturated rings. The van der Waals surface area contributed by atoms with Crippen molar-refractivity contribution in [2.24, 2.45) is 0 Å². The first-order chi connectivity index (χ1) is 12.5. The van der Waals surface area contributed by atoms with Gasteiger partial charge in [-0.2, -0.15) is 5.10 Å². The Morgan fingerprint density at radius 1 is 1.23 bits per heavy atom. The van der Waals surface area contributed by atoms with Crippen LogP contribution in [0.25, 0.3) is 0 Å². The quantitative estimate of drug-likeness (QED) is 0.702.